The van der Waals surface area contributed by atoms with Crippen LogP contribution in [0.1, 0.15) is 32.1 Å². The van der Waals surface area contributed by atoms with Gasteiger partial charge in [-0.3, -0.25) is 4.79 Å². The van der Waals surface area contributed by atoms with Gasteiger partial charge in [0, 0.05) is 30.1 Å². The van der Waals surface area contributed by atoms with E-state index in [0.29, 0.717) is 22.8 Å². The number of rotatable bonds is 7. The molecule has 7 nitrogen and oxygen atoms in total. The van der Waals surface area contributed by atoms with Gasteiger partial charge < -0.3 is 4.90 Å². The third-order valence-corrected chi connectivity index (χ3v) is 10.1. The maximum absolute atomic E-state index is 13.0. The number of nitrogens with one attached hydrogen (secondary N) is 1. The Balaban J connectivity index is 1.37. The number of sulfonamides is 1. The number of nitrogens with zero attached hydrogens (tertiary/aromatic N) is 1. The highest BCUT2D eigenvalue weighted by molar-refractivity contribution is 7.92. The molecule has 0 aromatic heterocycles. The summed E-state index contributed by atoms with van der Waals surface area (Å²) in [7, 11) is -7.21. The Morgan fingerprint density at radius 2 is 1.56 bits per heavy atom. The van der Waals surface area contributed by atoms with E-state index in [2.05, 4.69) is 4.72 Å². The highest BCUT2D eigenvalue weighted by atomic mass is 35.5. The van der Waals surface area contributed by atoms with Gasteiger partial charge in [-0.05, 0) is 56.0 Å². The van der Waals surface area contributed by atoms with E-state index >= 15 is 0 Å². The summed E-state index contributed by atoms with van der Waals surface area (Å²) in [6.07, 6.45) is 2.38. The van der Waals surface area contributed by atoms with Crippen LogP contribution in [-0.2, 0) is 24.7 Å². The number of hydrogen-bond acceptors (Lipinski definition) is 5. The fraction of sp³-hybridized carbons (Fsp3) is 0.409. The van der Waals surface area contributed by atoms with E-state index in [-0.39, 0.29) is 35.9 Å². The molecule has 10 heteroatoms. The fourth-order valence-corrected chi connectivity index (χ4v) is 7.93. The third-order valence-electron chi connectivity index (χ3n) is 6.23. The zero-order valence-corrected chi connectivity index (χ0v) is 19.7. The van der Waals surface area contributed by atoms with Crippen LogP contribution in [-0.4, -0.2) is 51.5 Å². The minimum absolute atomic E-state index is 0.0168. The van der Waals surface area contributed by atoms with Crippen LogP contribution in [0.5, 0.6) is 0 Å². The number of carbonyl (C=O) groups excluding carboxylic acids is 1. The van der Waals surface area contributed by atoms with Crippen LogP contribution in [0.4, 0.5) is 0 Å². The van der Waals surface area contributed by atoms with Gasteiger partial charge in [-0.2, -0.15) is 0 Å². The molecular weight excluding hydrogens is 472 g/mol. The Bertz CT molecular complexity index is 1190. The SMILES string of the molecule is O=C(CCNS(=O)(=O)c1cccc(Cl)c1)N1C2CCC1CC(S(=O)(=O)c1ccccc1)C2. The molecule has 2 unspecified atom stereocenters. The maximum Gasteiger partial charge on any atom is 0.240 e. The minimum Gasteiger partial charge on any atom is -0.337 e. The van der Waals surface area contributed by atoms with Gasteiger partial charge in [0.05, 0.1) is 15.0 Å². The summed E-state index contributed by atoms with van der Waals surface area (Å²) in [6.45, 7) is -0.0324. The molecule has 0 radical (unpaired) electrons. The van der Waals surface area contributed by atoms with Crippen molar-refractivity contribution in [1.82, 2.24) is 9.62 Å². The monoisotopic (exact) mass is 496 g/mol. The predicted octanol–water partition coefficient (Wildman–Crippen LogP) is 3.00. The van der Waals surface area contributed by atoms with Crippen molar-refractivity contribution in [2.75, 3.05) is 6.54 Å². The molecular formula is C22H25ClN2O5S2. The van der Waals surface area contributed by atoms with E-state index in [0.717, 1.165) is 12.8 Å². The topological polar surface area (TPSA) is 101 Å². The second-order valence-electron chi connectivity index (χ2n) is 8.24. The highest BCUT2D eigenvalue weighted by Gasteiger charge is 2.46. The average molecular weight is 497 g/mol. The van der Waals surface area contributed by atoms with Crippen molar-refractivity contribution in [2.45, 2.75) is 59.2 Å². The van der Waals surface area contributed by atoms with Gasteiger partial charge in [-0.25, -0.2) is 21.6 Å². The quantitative estimate of drug-likeness (QED) is 0.635. The van der Waals surface area contributed by atoms with Crippen LogP contribution in [0.2, 0.25) is 5.02 Å². The number of sulfone groups is 1. The molecule has 2 aliphatic rings. The number of benzene rings is 2. The molecule has 2 atom stereocenters. The lowest BCUT2D eigenvalue weighted by Crippen LogP contribution is -2.50. The zero-order valence-electron chi connectivity index (χ0n) is 17.4. The van der Waals surface area contributed by atoms with Crippen LogP contribution >= 0.6 is 11.6 Å². The zero-order chi connectivity index (χ0) is 22.9. The Labute approximate surface area is 193 Å². The van der Waals surface area contributed by atoms with E-state index in [1.54, 1.807) is 47.4 Å². The molecule has 1 N–H and O–H groups in total. The molecule has 2 heterocycles. The lowest BCUT2D eigenvalue weighted by atomic mass is 10.0. The van der Waals surface area contributed by atoms with E-state index in [4.69, 9.17) is 11.6 Å². The van der Waals surface area contributed by atoms with Crippen molar-refractivity contribution < 1.29 is 21.6 Å². The van der Waals surface area contributed by atoms with Crippen molar-refractivity contribution in [1.29, 1.82) is 0 Å². The second kappa shape index (κ2) is 9.13. The van der Waals surface area contributed by atoms with Crippen LogP contribution in [0.15, 0.2) is 64.4 Å². The summed E-state index contributed by atoms with van der Waals surface area (Å²) in [6, 6.07) is 14.1. The number of hydrogen-bond donors (Lipinski definition) is 1. The Hall–Kier alpha value is -1.94. The molecule has 0 saturated carbocycles. The fourth-order valence-electron chi connectivity index (χ4n) is 4.73. The third kappa shape index (κ3) is 4.71. The number of piperidine rings is 1. The first-order valence-corrected chi connectivity index (χ1v) is 13.9. The van der Waals surface area contributed by atoms with Crippen molar-refractivity contribution in [3.63, 3.8) is 0 Å². The molecule has 4 rings (SSSR count). The van der Waals surface area contributed by atoms with E-state index in [1.807, 2.05) is 0 Å². The van der Waals surface area contributed by atoms with Gasteiger partial charge in [0.25, 0.3) is 0 Å². The molecule has 2 bridgehead atoms. The Morgan fingerprint density at radius 3 is 2.19 bits per heavy atom. The van der Waals surface area contributed by atoms with Gasteiger partial charge in [0.1, 0.15) is 0 Å². The average Bonchev–Trinajstić information content (AvgIpc) is 3.03. The number of halogens is 1. The summed E-state index contributed by atoms with van der Waals surface area (Å²) in [5.74, 6) is -0.151. The molecule has 2 aliphatic heterocycles. The molecule has 2 saturated heterocycles. The molecule has 0 spiro atoms. The number of amides is 1. The normalized spacial score (nSPS) is 23.3. The molecule has 2 aromatic rings. The Kier molecular flexibility index (Phi) is 6.63. The van der Waals surface area contributed by atoms with E-state index in [1.165, 1.54) is 12.1 Å². The Morgan fingerprint density at radius 1 is 0.938 bits per heavy atom. The van der Waals surface area contributed by atoms with Gasteiger partial charge in [0.2, 0.25) is 15.9 Å². The summed E-state index contributed by atoms with van der Waals surface area (Å²) >= 11 is 5.86. The van der Waals surface area contributed by atoms with Crippen LogP contribution in [0.25, 0.3) is 0 Å². The van der Waals surface area contributed by atoms with Gasteiger partial charge in [-0.15, -0.1) is 0 Å². The standard InChI is InChI=1S/C22H25ClN2O5S2/c23-16-5-4-8-20(13-16)32(29,30)24-12-11-22(26)25-17-9-10-18(25)15-21(14-17)31(27,28)19-6-2-1-3-7-19/h1-8,13,17-18,21,24H,9-12,14-15H2. The van der Waals surface area contributed by atoms with Crippen molar-refractivity contribution >= 4 is 37.4 Å². The maximum atomic E-state index is 13.0. The second-order valence-corrected chi connectivity index (χ2v) is 12.7. The van der Waals surface area contributed by atoms with Crippen molar-refractivity contribution in [3.05, 3.63) is 59.6 Å². The lowest BCUT2D eigenvalue weighted by molar-refractivity contribution is -0.135. The van der Waals surface area contributed by atoms with E-state index < -0.39 is 25.1 Å². The minimum atomic E-state index is -3.76. The lowest BCUT2D eigenvalue weighted by Gasteiger charge is -2.38. The largest absolute Gasteiger partial charge is 0.337 e. The predicted molar refractivity (Wildman–Crippen MR) is 122 cm³/mol. The molecule has 32 heavy (non-hydrogen) atoms. The first kappa shape index (κ1) is 23.2. The van der Waals surface area contributed by atoms with E-state index in [9.17, 15) is 21.6 Å². The van der Waals surface area contributed by atoms with Crippen LogP contribution in [0, 0.1) is 0 Å². The molecule has 2 aromatic carbocycles. The van der Waals surface area contributed by atoms with Gasteiger partial charge >= 0.3 is 0 Å². The smallest absolute Gasteiger partial charge is 0.240 e. The van der Waals surface area contributed by atoms with Gasteiger partial charge in [-0.1, -0.05) is 35.9 Å². The number of carbonyl (C=O) groups is 1. The number of fused-ring (bicyclic) bond motifs is 2. The van der Waals surface area contributed by atoms with Crippen LogP contribution in [0.3, 0.4) is 0 Å². The summed E-state index contributed by atoms with van der Waals surface area (Å²) in [4.78, 5) is 15.0. The summed E-state index contributed by atoms with van der Waals surface area (Å²) < 4.78 is 53.3. The summed E-state index contributed by atoms with van der Waals surface area (Å²) in [5, 5.41) is -0.193. The van der Waals surface area contributed by atoms with Crippen molar-refractivity contribution in [3.8, 4) is 0 Å². The molecule has 1 amide bonds. The summed E-state index contributed by atoms with van der Waals surface area (Å²) in [5.41, 5.74) is 0. The molecule has 0 aliphatic carbocycles. The van der Waals surface area contributed by atoms with Crippen LogP contribution < -0.4 is 4.72 Å². The first-order chi connectivity index (χ1) is 15.2. The highest BCUT2D eigenvalue weighted by Crippen LogP contribution is 2.40. The first-order valence-electron chi connectivity index (χ1n) is 10.5. The van der Waals surface area contributed by atoms with Gasteiger partial charge in [0.15, 0.2) is 9.84 Å². The van der Waals surface area contributed by atoms with Crippen molar-refractivity contribution in [2.24, 2.45) is 0 Å². The molecule has 2 fully saturated rings. The molecule has 172 valence electrons.